The van der Waals surface area contributed by atoms with Crippen LogP contribution >= 0.6 is 0 Å². The van der Waals surface area contributed by atoms with E-state index in [2.05, 4.69) is 53.4 Å². The fraction of sp³-hybridized carbons (Fsp3) is 0.242. The van der Waals surface area contributed by atoms with Gasteiger partial charge in [-0.1, -0.05) is 109 Å². The van der Waals surface area contributed by atoms with Crippen molar-refractivity contribution in [1.82, 2.24) is 14.1 Å². The van der Waals surface area contributed by atoms with E-state index in [-0.39, 0.29) is 29.9 Å². The van der Waals surface area contributed by atoms with Gasteiger partial charge in [0.15, 0.2) is 0 Å². The van der Waals surface area contributed by atoms with Crippen LogP contribution in [0, 0.1) is 6.92 Å². The predicted molar refractivity (Wildman–Crippen MR) is 158 cm³/mol. The minimum atomic E-state index is -3.87. The van der Waals surface area contributed by atoms with Gasteiger partial charge in [0.05, 0.1) is 17.5 Å². The minimum absolute atomic E-state index is 0.0937. The van der Waals surface area contributed by atoms with Crippen molar-refractivity contribution in [2.75, 3.05) is 32.7 Å². The number of rotatable bonds is 9. The largest absolute Gasteiger partial charge is 0.339 e. The number of amides is 1. The smallest absolute Gasteiger partial charge is 0.243 e. The van der Waals surface area contributed by atoms with E-state index in [1.807, 2.05) is 49.4 Å². The van der Waals surface area contributed by atoms with Crippen LogP contribution in [-0.2, 0) is 21.4 Å². The summed E-state index contributed by atoms with van der Waals surface area (Å²) in [5, 5.41) is 0. The molecule has 0 aromatic heterocycles. The van der Waals surface area contributed by atoms with Crippen molar-refractivity contribution in [1.29, 1.82) is 0 Å². The number of benzene rings is 4. The summed E-state index contributed by atoms with van der Waals surface area (Å²) < 4.78 is 28.6. The Balaban J connectivity index is 1.32. The number of aryl methyl sites for hydroxylation is 1. The highest BCUT2D eigenvalue weighted by atomic mass is 32.2. The molecule has 1 aliphatic rings. The molecule has 206 valence electrons. The molecular formula is C33H35N3O3S. The van der Waals surface area contributed by atoms with Gasteiger partial charge in [-0.05, 0) is 35.7 Å². The Labute approximate surface area is 237 Å². The third-order valence-corrected chi connectivity index (χ3v) is 9.24. The van der Waals surface area contributed by atoms with E-state index in [1.165, 1.54) is 15.4 Å². The molecule has 0 unspecified atom stereocenters. The Bertz CT molecular complexity index is 1450. The molecule has 0 saturated carbocycles. The molecule has 5 rings (SSSR count). The zero-order valence-corrected chi connectivity index (χ0v) is 23.6. The normalized spacial score (nSPS) is 14.5. The molecule has 0 aliphatic carbocycles. The molecule has 7 heteroatoms. The number of carbonyl (C=O) groups is 1. The molecular weight excluding hydrogens is 518 g/mol. The second-order valence-corrected chi connectivity index (χ2v) is 12.2. The Hall–Kier alpha value is -3.78. The van der Waals surface area contributed by atoms with E-state index in [9.17, 15) is 13.2 Å². The van der Waals surface area contributed by atoms with Crippen LogP contribution in [0.4, 0.5) is 0 Å². The fourth-order valence-corrected chi connectivity index (χ4v) is 6.61. The van der Waals surface area contributed by atoms with Crippen molar-refractivity contribution in [2.24, 2.45) is 0 Å². The van der Waals surface area contributed by atoms with Crippen molar-refractivity contribution in [2.45, 2.75) is 24.4 Å². The van der Waals surface area contributed by atoms with Gasteiger partial charge in [0, 0.05) is 32.7 Å². The number of carbonyl (C=O) groups excluding carboxylic acids is 1. The van der Waals surface area contributed by atoms with Crippen LogP contribution in [-0.4, -0.2) is 61.2 Å². The van der Waals surface area contributed by atoms with Gasteiger partial charge in [0.25, 0.3) is 0 Å². The van der Waals surface area contributed by atoms with Gasteiger partial charge < -0.3 is 4.90 Å². The van der Waals surface area contributed by atoms with E-state index in [1.54, 1.807) is 29.2 Å². The number of piperazine rings is 1. The van der Waals surface area contributed by atoms with Crippen molar-refractivity contribution in [3.8, 4) is 0 Å². The first-order chi connectivity index (χ1) is 19.4. The van der Waals surface area contributed by atoms with E-state index < -0.39 is 10.0 Å². The lowest BCUT2D eigenvalue weighted by Crippen LogP contribution is -2.52. The summed E-state index contributed by atoms with van der Waals surface area (Å²) in [5.74, 6) is -0.178. The minimum Gasteiger partial charge on any atom is -0.339 e. The van der Waals surface area contributed by atoms with E-state index in [0.29, 0.717) is 26.2 Å². The van der Waals surface area contributed by atoms with Crippen LogP contribution < -0.4 is 0 Å². The Morgan fingerprint density at radius 2 is 1.23 bits per heavy atom. The quantitative estimate of drug-likeness (QED) is 0.289. The zero-order valence-electron chi connectivity index (χ0n) is 22.8. The third-order valence-electron chi connectivity index (χ3n) is 7.43. The lowest BCUT2D eigenvalue weighted by molar-refractivity contribution is -0.133. The number of hydrogen-bond acceptors (Lipinski definition) is 4. The molecule has 6 nitrogen and oxygen atoms in total. The highest BCUT2D eigenvalue weighted by molar-refractivity contribution is 7.89. The molecule has 1 saturated heterocycles. The fourth-order valence-electron chi connectivity index (χ4n) is 5.24. The Morgan fingerprint density at radius 1 is 0.725 bits per heavy atom. The number of nitrogens with zero attached hydrogens (tertiary/aromatic N) is 3. The standard InChI is InChI=1S/C33H35N3O3S/c1-27-17-19-31(20-18-27)40(38,39)36(25-28-11-5-2-6-12-28)26-32(37)34-21-23-35(24-22-34)33(29-13-7-3-8-14-29)30-15-9-4-10-16-30/h2-20,33H,21-26H2,1H3. The second-order valence-electron chi connectivity index (χ2n) is 10.2. The highest BCUT2D eigenvalue weighted by Gasteiger charge is 2.32. The van der Waals surface area contributed by atoms with Crippen LogP contribution in [0.5, 0.6) is 0 Å². The van der Waals surface area contributed by atoms with Gasteiger partial charge in [0.2, 0.25) is 15.9 Å². The Kier molecular flexibility index (Phi) is 8.75. The molecule has 1 amide bonds. The van der Waals surface area contributed by atoms with Gasteiger partial charge in [-0.3, -0.25) is 9.69 Å². The summed E-state index contributed by atoms with van der Waals surface area (Å²) in [5.41, 5.74) is 4.24. The summed E-state index contributed by atoms with van der Waals surface area (Å²) in [4.78, 5) is 17.9. The lowest BCUT2D eigenvalue weighted by Gasteiger charge is -2.40. The lowest BCUT2D eigenvalue weighted by atomic mass is 9.96. The van der Waals surface area contributed by atoms with Gasteiger partial charge in [-0.15, -0.1) is 0 Å². The van der Waals surface area contributed by atoms with E-state index >= 15 is 0 Å². The monoisotopic (exact) mass is 553 g/mol. The number of hydrogen-bond donors (Lipinski definition) is 0. The summed E-state index contributed by atoms with van der Waals surface area (Å²) in [7, 11) is -3.87. The summed E-state index contributed by atoms with van der Waals surface area (Å²) in [6.07, 6.45) is 0. The molecule has 1 heterocycles. The van der Waals surface area contributed by atoms with Crippen LogP contribution in [0.25, 0.3) is 0 Å². The van der Waals surface area contributed by atoms with Crippen LogP contribution in [0.1, 0.15) is 28.3 Å². The van der Waals surface area contributed by atoms with E-state index in [0.717, 1.165) is 11.1 Å². The van der Waals surface area contributed by atoms with Crippen molar-refractivity contribution in [3.05, 3.63) is 138 Å². The van der Waals surface area contributed by atoms with Gasteiger partial charge in [0.1, 0.15) is 0 Å². The molecule has 0 bridgehead atoms. The number of sulfonamides is 1. The Morgan fingerprint density at radius 3 is 1.75 bits per heavy atom. The topological polar surface area (TPSA) is 60.9 Å². The third kappa shape index (κ3) is 6.50. The summed E-state index contributed by atoms with van der Waals surface area (Å²) >= 11 is 0. The highest BCUT2D eigenvalue weighted by Crippen LogP contribution is 2.29. The molecule has 0 atom stereocenters. The summed E-state index contributed by atoms with van der Waals surface area (Å²) in [6, 6.07) is 37.1. The molecule has 1 fully saturated rings. The SMILES string of the molecule is Cc1ccc(S(=O)(=O)N(CC(=O)N2CCN(C(c3ccccc3)c3ccccc3)CC2)Cc2ccccc2)cc1. The summed E-state index contributed by atoms with van der Waals surface area (Å²) in [6.45, 7) is 4.32. The zero-order chi connectivity index (χ0) is 28.0. The first-order valence-corrected chi connectivity index (χ1v) is 15.1. The maximum absolute atomic E-state index is 13.7. The predicted octanol–water partition coefficient (Wildman–Crippen LogP) is 5.12. The second kappa shape index (κ2) is 12.6. The molecule has 4 aromatic carbocycles. The molecule has 4 aromatic rings. The maximum Gasteiger partial charge on any atom is 0.243 e. The molecule has 0 N–H and O–H groups in total. The molecule has 0 radical (unpaired) electrons. The van der Waals surface area contributed by atoms with Crippen LogP contribution in [0.3, 0.4) is 0 Å². The molecule has 1 aliphatic heterocycles. The van der Waals surface area contributed by atoms with Gasteiger partial charge in [-0.25, -0.2) is 8.42 Å². The average Bonchev–Trinajstić information content (AvgIpc) is 2.99. The van der Waals surface area contributed by atoms with Crippen molar-refractivity contribution < 1.29 is 13.2 Å². The first-order valence-electron chi connectivity index (χ1n) is 13.6. The van der Waals surface area contributed by atoms with Gasteiger partial charge >= 0.3 is 0 Å². The van der Waals surface area contributed by atoms with Crippen LogP contribution in [0.15, 0.2) is 120 Å². The van der Waals surface area contributed by atoms with Crippen molar-refractivity contribution in [3.63, 3.8) is 0 Å². The maximum atomic E-state index is 13.7. The average molecular weight is 554 g/mol. The molecule has 40 heavy (non-hydrogen) atoms. The van der Waals surface area contributed by atoms with E-state index in [4.69, 9.17) is 0 Å². The molecule has 0 spiro atoms. The first kappa shape index (κ1) is 27.8. The van der Waals surface area contributed by atoms with Gasteiger partial charge in [-0.2, -0.15) is 4.31 Å². The van der Waals surface area contributed by atoms with Crippen molar-refractivity contribution >= 4 is 15.9 Å². The van der Waals surface area contributed by atoms with Crippen LogP contribution in [0.2, 0.25) is 0 Å².